The van der Waals surface area contributed by atoms with Crippen LogP contribution in [0.25, 0.3) is 0 Å². The number of aromatic nitrogens is 4. The second-order valence-electron chi connectivity index (χ2n) is 12.0. The van der Waals surface area contributed by atoms with Crippen LogP contribution in [0, 0.1) is 13.8 Å². The molecule has 2 saturated heterocycles. The summed E-state index contributed by atoms with van der Waals surface area (Å²) in [6.07, 6.45) is -9.10. The summed E-state index contributed by atoms with van der Waals surface area (Å²) in [6, 6.07) is 0. The zero-order valence-corrected chi connectivity index (χ0v) is 33.8. The molecule has 0 aliphatic carbocycles. The Morgan fingerprint density at radius 3 is 1.46 bits per heavy atom. The van der Waals surface area contributed by atoms with E-state index in [4.69, 9.17) is 21.1 Å². The van der Waals surface area contributed by atoms with Crippen molar-refractivity contribution >= 4 is 94.7 Å². The first-order chi connectivity index (χ1) is 25.6. The molecule has 0 amide bonds. The number of hydrogen-bond donors (Lipinski definition) is 10. The lowest BCUT2D eigenvalue weighted by atomic mass is 9.95. The molecule has 0 radical (unpaired) electrons. The molecular formula is C30H36BrClN6O12S4. The van der Waals surface area contributed by atoms with E-state index in [-0.39, 0.29) is 24.7 Å². The molecule has 4 aromatic rings. The van der Waals surface area contributed by atoms with Gasteiger partial charge in [0.15, 0.2) is 18.6 Å². The Labute approximate surface area is 336 Å². The first kappa shape index (κ1) is 43.0. The van der Waals surface area contributed by atoms with Gasteiger partial charge in [0.1, 0.15) is 65.9 Å². The predicted molar refractivity (Wildman–Crippen MR) is 202 cm³/mol. The Morgan fingerprint density at radius 2 is 1.09 bits per heavy atom. The summed E-state index contributed by atoms with van der Waals surface area (Å²) in [5.74, 6) is -0.399. The largest absolute Gasteiger partial charge is 0.394 e. The molecule has 2 fully saturated rings. The third-order valence-corrected chi connectivity index (χ3v) is 13.1. The standard InChI is InChI=1S/C15H18BrN3O6S2.C15H18ClN3O6S2/c2*1-5-13(27-14(16)19-5)11(23)8-3-18-15(26-8)17-2-6-9(21)12(24)10(22)7(4-20)25-6/h2*3,6-7,9-10,12,20-22,24H,2,4H2,1H3,(H,17,18)/t2*6-,7-,9-,10-,12-/m11/s1. The van der Waals surface area contributed by atoms with Crippen LogP contribution in [0.5, 0.6) is 0 Å². The van der Waals surface area contributed by atoms with E-state index in [2.05, 4.69) is 46.5 Å². The number of carbonyl (C=O) groups is 2. The van der Waals surface area contributed by atoms with Crippen molar-refractivity contribution in [3.8, 4) is 0 Å². The van der Waals surface area contributed by atoms with Gasteiger partial charge in [-0.15, -0.1) is 11.3 Å². The number of hydrogen-bond acceptors (Lipinski definition) is 22. The fraction of sp³-hybridized carbons (Fsp3) is 0.533. The minimum Gasteiger partial charge on any atom is -0.394 e. The van der Waals surface area contributed by atoms with Gasteiger partial charge in [0.2, 0.25) is 11.6 Å². The van der Waals surface area contributed by atoms with Gasteiger partial charge in [0, 0.05) is 13.1 Å². The highest BCUT2D eigenvalue weighted by atomic mass is 79.9. The van der Waals surface area contributed by atoms with E-state index in [0.29, 0.717) is 49.5 Å². The Morgan fingerprint density at radius 1 is 0.685 bits per heavy atom. The van der Waals surface area contributed by atoms with E-state index in [1.807, 2.05) is 0 Å². The van der Waals surface area contributed by atoms with Crippen LogP contribution in [-0.4, -0.2) is 160 Å². The van der Waals surface area contributed by atoms with Gasteiger partial charge in [-0.2, -0.15) is 0 Å². The summed E-state index contributed by atoms with van der Waals surface area (Å²) < 4.78 is 11.8. The van der Waals surface area contributed by atoms with Crippen molar-refractivity contribution in [2.24, 2.45) is 0 Å². The van der Waals surface area contributed by atoms with Crippen molar-refractivity contribution in [1.29, 1.82) is 0 Å². The molecule has 0 saturated carbocycles. The first-order valence-electron chi connectivity index (χ1n) is 16.0. The van der Waals surface area contributed by atoms with Gasteiger partial charge < -0.3 is 61.0 Å². The molecule has 18 nitrogen and oxygen atoms in total. The zero-order valence-electron chi connectivity index (χ0n) is 28.1. The van der Waals surface area contributed by atoms with Crippen LogP contribution in [0.4, 0.5) is 10.3 Å². The maximum Gasteiger partial charge on any atom is 0.216 e. The number of nitrogens with one attached hydrogen (secondary N) is 2. The molecular weight excluding hydrogens is 880 g/mol. The second-order valence-corrected chi connectivity index (χ2v) is 17.9. The molecule has 24 heteroatoms. The molecule has 6 rings (SSSR count). The second kappa shape index (κ2) is 18.8. The smallest absolute Gasteiger partial charge is 0.216 e. The maximum atomic E-state index is 12.6. The van der Waals surface area contributed by atoms with Gasteiger partial charge in [0.05, 0.1) is 51.6 Å². The number of rotatable bonds is 12. The number of ether oxygens (including phenoxy) is 2. The summed E-state index contributed by atoms with van der Waals surface area (Å²) in [5.41, 5.74) is 1.19. The summed E-state index contributed by atoms with van der Waals surface area (Å²) in [7, 11) is 0. The van der Waals surface area contributed by atoms with Crippen LogP contribution in [0.2, 0.25) is 4.47 Å². The Balaban J connectivity index is 0.000000208. The quantitative estimate of drug-likeness (QED) is 0.0850. The van der Waals surface area contributed by atoms with Crippen molar-refractivity contribution in [3.63, 3.8) is 0 Å². The average Bonchev–Trinajstić information content (AvgIpc) is 3.96. The lowest BCUT2D eigenvalue weighted by Crippen LogP contribution is -2.60. The molecule has 2 aliphatic rings. The van der Waals surface area contributed by atoms with E-state index < -0.39 is 74.3 Å². The summed E-state index contributed by atoms with van der Waals surface area (Å²) >= 11 is 13.7. The minimum absolute atomic E-state index is 0.0635. The van der Waals surface area contributed by atoms with Crippen molar-refractivity contribution < 1.29 is 59.9 Å². The van der Waals surface area contributed by atoms with Crippen LogP contribution >= 0.6 is 72.9 Å². The minimum atomic E-state index is -1.44. The molecule has 0 spiro atoms. The van der Waals surface area contributed by atoms with Crippen molar-refractivity contribution in [2.75, 3.05) is 36.9 Å². The Kier molecular flexibility index (Phi) is 15.0. The van der Waals surface area contributed by atoms with Gasteiger partial charge >= 0.3 is 0 Å². The molecule has 54 heavy (non-hydrogen) atoms. The monoisotopic (exact) mass is 914 g/mol. The average molecular weight is 916 g/mol. The summed E-state index contributed by atoms with van der Waals surface area (Å²) in [5, 5.41) is 84.4. The highest BCUT2D eigenvalue weighted by molar-refractivity contribution is 9.11. The van der Waals surface area contributed by atoms with E-state index in [1.165, 1.54) is 23.7 Å². The molecule has 6 heterocycles. The number of nitrogens with zero attached hydrogens (tertiary/aromatic N) is 4. The number of aryl methyl sites for hydroxylation is 2. The Bertz CT molecular complexity index is 1760. The normalized spacial score (nSPS) is 28.3. The van der Waals surface area contributed by atoms with E-state index in [9.17, 15) is 50.4 Å². The third kappa shape index (κ3) is 9.85. The number of carbonyl (C=O) groups excluding carboxylic acids is 2. The molecule has 0 aromatic carbocycles. The molecule has 0 unspecified atom stereocenters. The summed E-state index contributed by atoms with van der Waals surface area (Å²) in [6.45, 7) is 2.62. The highest BCUT2D eigenvalue weighted by Gasteiger charge is 2.44. The highest BCUT2D eigenvalue weighted by Crippen LogP contribution is 2.31. The number of anilines is 2. The predicted octanol–water partition coefficient (Wildman–Crippen LogP) is 0.203. The van der Waals surface area contributed by atoms with Crippen LogP contribution in [-0.2, 0) is 9.47 Å². The molecule has 10 atom stereocenters. The number of aliphatic hydroxyl groups is 8. The van der Waals surface area contributed by atoms with E-state index >= 15 is 0 Å². The third-order valence-electron chi connectivity index (χ3n) is 8.30. The first-order valence-corrected chi connectivity index (χ1v) is 20.4. The molecule has 296 valence electrons. The SMILES string of the molecule is Cc1nc(Br)sc1C(=O)c1cnc(NC[C@H]2O[C@H](CO)[C@@H](O)[C@H](O)[C@@H]2O)s1.Cc1nc(Cl)sc1C(=O)c1cnc(NC[C@H]2O[C@H](CO)[C@@H](O)[C@H](O)[C@@H]2O)s1. The zero-order chi connectivity index (χ0) is 39.4. The molecule has 0 bridgehead atoms. The van der Waals surface area contributed by atoms with Gasteiger partial charge in [-0.1, -0.05) is 45.6 Å². The van der Waals surface area contributed by atoms with Crippen molar-refractivity contribution in [3.05, 3.63) is 51.7 Å². The van der Waals surface area contributed by atoms with Gasteiger partial charge in [-0.05, 0) is 29.8 Å². The number of halogens is 2. The van der Waals surface area contributed by atoms with Crippen LogP contribution in [0.15, 0.2) is 16.3 Å². The van der Waals surface area contributed by atoms with Crippen molar-refractivity contribution in [2.45, 2.75) is 74.9 Å². The lowest BCUT2D eigenvalue weighted by Gasteiger charge is -2.40. The van der Waals surface area contributed by atoms with Crippen LogP contribution in [0.3, 0.4) is 0 Å². The van der Waals surface area contributed by atoms with Gasteiger partial charge in [-0.25, -0.2) is 19.9 Å². The molecule has 4 aromatic heterocycles. The molecule has 10 N–H and O–H groups in total. The molecule has 2 aliphatic heterocycles. The van der Waals surface area contributed by atoms with Crippen LogP contribution in [0.1, 0.15) is 40.5 Å². The summed E-state index contributed by atoms with van der Waals surface area (Å²) in [4.78, 5) is 43.3. The maximum absolute atomic E-state index is 12.6. The van der Waals surface area contributed by atoms with Crippen molar-refractivity contribution in [1.82, 2.24) is 19.9 Å². The van der Waals surface area contributed by atoms with E-state index in [1.54, 1.807) is 13.8 Å². The topological polar surface area (TPSA) is 290 Å². The Hall–Kier alpha value is -2.17. The number of ketones is 2. The fourth-order valence-corrected chi connectivity index (χ4v) is 9.64. The fourth-order valence-electron chi connectivity index (χ4n) is 5.36. The van der Waals surface area contributed by atoms with Gasteiger partial charge in [0.25, 0.3) is 0 Å². The number of thiazole rings is 4. The van der Waals surface area contributed by atoms with Crippen LogP contribution < -0.4 is 10.6 Å². The number of aliphatic hydroxyl groups excluding tert-OH is 8. The lowest BCUT2D eigenvalue weighted by molar-refractivity contribution is -0.225. The van der Waals surface area contributed by atoms with E-state index in [0.717, 1.165) is 34.0 Å². The van der Waals surface area contributed by atoms with Gasteiger partial charge in [-0.3, -0.25) is 9.59 Å².